The lowest BCUT2D eigenvalue weighted by molar-refractivity contribution is -0.141. The third-order valence-electron chi connectivity index (χ3n) is 4.41. The van der Waals surface area contributed by atoms with Gasteiger partial charge in [-0.2, -0.15) is 0 Å². The van der Waals surface area contributed by atoms with E-state index in [1.807, 2.05) is 31.2 Å². The zero-order valence-corrected chi connectivity index (χ0v) is 13.0. The van der Waals surface area contributed by atoms with Crippen LogP contribution in [0.4, 0.5) is 0 Å². The van der Waals surface area contributed by atoms with Crippen molar-refractivity contribution in [3.63, 3.8) is 0 Å². The fourth-order valence-corrected chi connectivity index (χ4v) is 3.00. The van der Waals surface area contributed by atoms with Crippen LogP contribution >= 0.6 is 11.6 Å². The van der Waals surface area contributed by atoms with E-state index in [4.69, 9.17) is 16.7 Å². The average molecular weight is 310 g/mol. The number of nitrogens with zero attached hydrogens (tertiary/aromatic N) is 1. The molecule has 0 aromatic heterocycles. The second-order valence-corrected chi connectivity index (χ2v) is 6.16. The van der Waals surface area contributed by atoms with Crippen LogP contribution in [0, 0.1) is 11.8 Å². The number of carboxylic acids is 1. The van der Waals surface area contributed by atoms with Crippen molar-refractivity contribution >= 4 is 23.5 Å². The minimum absolute atomic E-state index is 0.0289. The maximum Gasteiger partial charge on any atom is 0.306 e. The molecule has 4 nitrogen and oxygen atoms in total. The quantitative estimate of drug-likeness (QED) is 0.927. The first-order chi connectivity index (χ1) is 9.90. The molecule has 0 bridgehead atoms. The second-order valence-electron chi connectivity index (χ2n) is 5.72. The number of carboxylic acid groups (broad SMARTS) is 1. The average Bonchev–Trinajstić information content (AvgIpc) is 2.96. The Morgan fingerprint density at radius 3 is 2.33 bits per heavy atom. The monoisotopic (exact) mass is 309 g/mol. The standard InChI is InChI=1S/C16H20ClNO3/c1-10(11-5-7-14(17)8-6-11)18(2)15(19)12-3-4-13(9-12)16(20)21/h5-8,10,12-13H,3-4,9H2,1-2H3,(H,20,21)/t10?,12-,13+/m1/s1. The molecule has 0 heterocycles. The molecule has 114 valence electrons. The molecular weight excluding hydrogens is 290 g/mol. The minimum atomic E-state index is -0.793. The molecule has 3 atom stereocenters. The first kappa shape index (κ1) is 15.8. The normalized spacial score (nSPS) is 22.8. The number of carbonyl (C=O) groups excluding carboxylic acids is 1. The number of amides is 1. The summed E-state index contributed by atoms with van der Waals surface area (Å²) in [5, 5.41) is 9.69. The van der Waals surface area contributed by atoms with E-state index in [2.05, 4.69) is 0 Å². The van der Waals surface area contributed by atoms with Gasteiger partial charge >= 0.3 is 5.97 Å². The summed E-state index contributed by atoms with van der Waals surface area (Å²) < 4.78 is 0. The van der Waals surface area contributed by atoms with Gasteiger partial charge in [-0.05, 0) is 43.9 Å². The maximum atomic E-state index is 12.5. The summed E-state index contributed by atoms with van der Waals surface area (Å²) in [6.07, 6.45) is 1.70. The van der Waals surface area contributed by atoms with Gasteiger partial charge in [0.1, 0.15) is 0 Å². The van der Waals surface area contributed by atoms with Crippen LogP contribution in [0.2, 0.25) is 5.02 Å². The van der Waals surface area contributed by atoms with Crippen LogP contribution in [0.5, 0.6) is 0 Å². The molecule has 0 saturated heterocycles. The van der Waals surface area contributed by atoms with E-state index in [1.165, 1.54) is 0 Å². The second kappa shape index (κ2) is 6.48. The maximum absolute atomic E-state index is 12.5. The largest absolute Gasteiger partial charge is 0.481 e. The lowest BCUT2D eigenvalue weighted by Gasteiger charge is -2.28. The fourth-order valence-electron chi connectivity index (χ4n) is 2.87. The van der Waals surface area contributed by atoms with Crippen LogP contribution in [-0.4, -0.2) is 28.9 Å². The van der Waals surface area contributed by atoms with Gasteiger partial charge < -0.3 is 10.0 Å². The van der Waals surface area contributed by atoms with Crippen LogP contribution in [0.3, 0.4) is 0 Å². The highest BCUT2D eigenvalue weighted by molar-refractivity contribution is 6.30. The van der Waals surface area contributed by atoms with Crippen LogP contribution in [-0.2, 0) is 9.59 Å². The van der Waals surface area contributed by atoms with Gasteiger partial charge in [0.15, 0.2) is 0 Å². The molecule has 21 heavy (non-hydrogen) atoms. The van der Waals surface area contributed by atoms with Crippen molar-refractivity contribution in [2.45, 2.75) is 32.2 Å². The highest BCUT2D eigenvalue weighted by Crippen LogP contribution is 2.34. The van der Waals surface area contributed by atoms with Crippen molar-refractivity contribution in [1.82, 2.24) is 4.90 Å². The zero-order chi connectivity index (χ0) is 15.6. The van der Waals surface area contributed by atoms with Crippen molar-refractivity contribution in [2.75, 3.05) is 7.05 Å². The Morgan fingerprint density at radius 2 is 1.81 bits per heavy atom. The molecule has 0 spiro atoms. The van der Waals surface area contributed by atoms with Gasteiger partial charge in [0, 0.05) is 18.0 Å². The number of carbonyl (C=O) groups is 2. The summed E-state index contributed by atoms with van der Waals surface area (Å²) in [6.45, 7) is 1.96. The van der Waals surface area contributed by atoms with Crippen LogP contribution in [0.15, 0.2) is 24.3 Å². The number of rotatable bonds is 4. The molecule has 1 amide bonds. The van der Waals surface area contributed by atoms with Crippen LogP contribution < -0.4 is 0 Å². The van der Waals surface area contributed by atoms with E-state index in [0.717, 1.165) is 5.56 Å². The first-order valence-corrected chi connectivity index (χ1v) is 7.53. The SMILES string of the molecule is CC(c1ccc(Cl)cc1)N(C)C(=O)[C@@H]1CC[C@H](C(=O)O)C1. The molecule has 1 aromatic carbocycles. The lowest BCUT2D eigenvalue weighted by atomic mass is 10.0. The van der Waals surface area contributed by atoms with Gasteiger partial charge in [0.25, 0.3) is 0 Å². The van der Waals surface area contributed by atoms with Crippen LogP contribution in [0.25, 0.3) is 0 Å². The highest BCUT2D eigenvalue weighted by Gasteiger charge is 2.36. The van der Waals surface area contributed by atoms with E-state index < -0.39 is 5.97 Å². The van der Waals surface area contributed by atoms with E-state index >= 15 is 0 Å². The zero-order valence-electron chi connectivity index (χ0n) is 12.3. The number of benzene rings is 1. The Morgan fingerprint density at radius 1 is 1.24 bits per heavy atom. The molecule has 5 heteroatoms. The molecule has 1 aliphatic rings. The van der Waals surface area contributed by atoms with Crippen molar-refractivity contribution in [3.8, 4) is 0 Å². The third kappa shape index (κ3) is 3.56. The molecule has 1 saturated carbocycles. The molecule has 1 unspecified atom stereocenters. The van der Waals surface area contributed by atoms with E-state index in [1.54, 1.807) is 11.9 Å². The smallest absolute Gasteiger partial charge is 0.306 e. The van der Waals surface area contributed by atoms with Crippen LogP contribution in [0.1, 0.15) is 37.8 Å². The number of hydrogen-bond donors (Lipinski definition) is 1. The fraction of sp³-hybridized carbons (Fsp3) is 0.500. The summed E-state index contributed by atoms with van der Waals surface area (Å²) in [4.78, 5) is 25.2. The number of hydrogen-bond acceptors (Lipinski definition) is 2. The van der Waals surface area contributed by atoms with Gasteiger partial charge in [-0.25, -0.2) is 0 Å². The summed E-state index contributed by atoms with van der Waals surface area (Å²) >= 11 is 5.87. The van der Waals surface area contributed by atoms with Gasteiger partial charge in [0.05, 0.1) is 12.0 Å². The van der Waals surface area contributed by atoms with E-state index in [9.17, 15) is 9.59 Å². The predicted octanol–water partition coefficient (Wildman–Crippen LogP) is 3.36. The lowest BCUT2D eigenvalue weighted by Crippen LogP contribution is -2.34. The van der Waals surface area contributed by atoms with Gasteiger partial charge in [-0.15, -0.1) is 0 Å². The molecule has 1 N–H and O–H groups in total. The molecule has 2 rings (SSSR count). The predicted molar refractivity (Wildman–Crippen MR) is 81.1 cm³/mol. The van der Waals surface area contributed by atoms with E-state index in [-0.39, 0.29) is 23.8 Å². The molecule has 1 aromatic rings. The van der Waals surface area contributed by atoms with Crippen molar-refractivity contribution in [1.29, 1.82) is 0 Å². The Balaban J connectivity index is 2.02. The number of halogens is 1. The molecule has 0 radical (unpaired) electrons. The Labute approximate surface area is 129 Å². The number of aliphatic carboxylic acids is 1. The highest BCUT2D eigenvalue weighted by atomic mass is 35.5. The topological polar surface area (TPSA) is 57.6 Å². The molecule has 0 aliphatic heterocycles. The van der Waals surface area contributed by atoms with Crippen molar-refractivity contribution in [2.24, 2.45) is 11.8 Å². The Hall–Kier alpha value is -1.55. The summed E-state index contributed by atoms with van der Waals surface area (Å²) in [5.41, 5.74) is 1.02. The third-order valence-corrected chi connectivity index (χ3v) is 4.66. The Kier molecular flexibility index (Phi) is 4.88. The molecule has 1 fully saturated rings. The van der Waals surface area contributed by atoms with Crippen molar-refractivity contribution < 1.29 is 14.7 Å². The van der Waals surface area contributed by atoms with E-state index in [0.29, 0.717) is 24.3 Å². The molecule has 1 aliphatic carbocycles. The van der Waals surface area contributed by atoms with Gasteiger partial charge in [-0.1, -0.05) is 23.7 Å². The van der Waals surface area contributed by atoms with Crippen molar-refractivity contribution in [3.05, 3.63) is 34.9 Å². The van der Waals surface area contributed by atoms with Gasteiger partial charge in [0.2, 0.25) is 5.91 Å². The summed E-state index contributed by atoms with van der Waals surface area (Å²) in [7, 11) is 1.77. The summed E-state index contributed by atoms with van der Waals surface area (Å²) in [6, 6.07) is 7.37. The minimum Gasteiger partial charge on any atom is -0.481 e. The Bertz CT molecular complexity index is 529. The molecular formula is C16H20ClNO3. The first-order valence-electron chi connectivity index (χ1n) is 7.15. The van der Waals surface area contributed by atoms with Gasteiger partial charge in [-0.3, -0.25) is 9.59 Å². The summed E-state index contributed by atoms with van der Waals surface area (Å²) in [5.74, 6) is -1.32.